The fraction of sp³-hybridized carbons (Fsp3) is 0.375. The van der Waals surface area contributed by atoms with E-state index >= 15 is 0 Å². The monoisotopic (exact) mass is 424 g/mol. The van der Waals surface area contributed by atoms with E-state index in [-0.39, 0.29) is 11.5 Å². The number of ether oxygens (including phenoxy) is 1. The largest absolute Gasteiger partial charge is 0.456 e. The van der Waals surface area contributed by atoms with Crippen molar-refractivity contribution in [3.8, 4) is 0 Å². The van der Waals surface area contributed by atoms with Crippen LogP contribution in [-0.4, -0.2) is 24.4 Å². The summed E-state index contributed by atoms with van der Waals surface area (Å²) in [5.41, 5.74) is 0.979. The predicted molar refractivity (Wildman–Crippen MR) is 114 cm³/mol. The highest BCUT2D eigenvalue weighted by molar-refractivity contribution is 6.10. The Kier molecular flexibility index (Phi) is 6.30. The number of carbonyl (C=O) groups excluding carboxylic acids is 3. The molecule has 2 bridgehead atoms. The molecule has 2 aliphatic rings. The van der Waals surface area contributed by atoms with E-state index < -0.39 is 24.2 Å². The summed E-state index contributed by atoms with van der Waals surface area (Å²) in [5, 5.41) is 5.29. The topological polar surface area (TPSA) is 84.5 Å². The van der Waals surface area contributed by atoms with Gasteiger partial charge in [0, 0.05) is 12.1 Å². The van der Waals surface area contributed by atoms with Crippen LogP contribution < -0.4 is 10.6 Å². The second kappa shape index (κ2) is 9.29. The zero-order valence-electron chi connectivity index (χ0n) is 17.1. The number of halogens is 1. The molecular weight excluding hydrogens is 399 g/mol. The lowest BCUT2D eigenvalue weighted by Gasteiger charge is -2.20. The molecular formula is C24H25FN2O4. The lowest BCUT2D eigenvalue weighted by molar-refractivity contribution is -0.148. The lowest BCUT2D eigenvalue weighted by Crippen LogP contribution is -2.24. The first kappa shape index (κ1) is 21.0. The second-order valence-electron chi connectivity index (χ2n) is 8.35. The summed E-state index contributed by atoms with van der Waals surface area (Å²) in [6.45, 7) is -0.395. The van der Waals surface area contributed by atoms with Crippen molar-refractivity contribution in [2.45, 2.75) is 32.1 Å². The summed E-state index contributed by atoms with van der Waals surface area (Å²) in [4.78, 5) is 37.0. The third-order valence-corrected chi connectivity index (χ3v) is 6.23. The summed E-state index contributed by atoms with van der Waals surface area (Å²) >= 11 is 0. The normalized spacial score (nSPS) is 21.5. The van der Waals surface area contributed by atoms with Gasteiger partial charge in [0.05, 0.1) is 11.3 Å². The van der Waals surface area contributed by atoms with E-state index in [1.807, 2.05) is 0 Å². The first-order chi connectivity index (χ1) is 15.0. The smallest absolute Gasteiger partial charge is 0.306 e. The number of carbonyl (C=O) groups is 3. The number of anilines is 2. The molecule has 31 heavy (non-hydrogen) atoms. The van der Waals surface area contributed by atoms with E-state index in [0.717, 1.165) is 12.3 Å². The first-order valence-corrected chi connectivity index (χ1v) is 10.6. The van der Waals surface area contributed by atoms with Crippen molar-refractivity contribution in [2.75, 3.05) is 17.2 Å². The van der Waals surface area contributed by atoms with E-state index in [4.69, 9.17) is 4.74 Å². The average molecular weight is 424 g/mol. The van der Waals surface area contributed by atoms with E-state index in [1.165, 1.54) is 43.5 Å². The number of nitrogens with one attached hydrogen (secondary N) is 2. The molecule has 0 heterocycles. The number of hydrogen-bond donors (Lipinski definition) is 2. The number of para-hydroxylation sites is 1. The molecule has 2 fully saturated rings. The van der Waals surface area contributed by atoms with Crippen LogP contribution in [0.5, 0.6) is 0 Å². The van der Waals surface area contributed by atoms with Crippen molar-refractivity contribution < 1.29 is 23.5 Å². The van der Waals surface area contributed by atoms with Crippen molar-refractivity contribution in [1.29, 1.82) is 0 Å². The number of benzene rings is 2. The van der Waals surface area contributed by atoms with Gasteiger partial charge in [-0.1, -0.05) is 18.6 Å². The van der Waals surface area contributed by atoms with Gasteiger partial charge in [0.15, 0.2) is 6.61 Å². The predicted octanol–water partition coefficient (Wildman–Crippen LogP) is 4.39. The highest BCUT2D eigenvalue weighted by Crippen LogP contribution is 2.49. The molecule has 2 saturated carbocycles. The number of hydrogen-bond acceptors (Lipinski definition) is 4. The molecule has 7 heteroatoms. The number of amides is 2. The van der Waals surface area contributed by atoms with Gasteiger partial charge >= 0.3 is 5.97 Å². The molecule has 0 aromatic heterocycles. The Bertz CT molecular complexity index is 976. The average Bonchev–Trinajstić information content (AvgIpc) is 3.37. The molecule has 0 radical (unpaired) electrons. The third kappa shape index (κ3) is 5.29. The van der Waals surface area contributed by atoms with Gasteiger partial charge in [-0.2, -0.15) is 0 Å². The van der Waals surface area contributed by atoms with Gasteiger partial charge in [-0.15, -0.1) is 0 Å². The summed E-state index contributed by atoms with van der Waals surface area (Å²) in [6.07, 6.45) is 5.13. The van der Waals surface area contributed by atoms with E-state index in [2.05, 4.69) is 10.6 Å². The maximum absolute atomic E-state index is 13.0. The molecule has 2 aliphatic carbocycles. The number of rotatable bonds is 7. The minimum Gasteiger partial charge on any atom is -0.456 e. The zero-order chi connectivity index (χ0) is 21.8. The minimum atomic E-state index is -0.511. The van der Waals surface area contributed by atoms with Crippen LogP contribution in [0.4, 0.5) is 15.8 Å². The molecule has 162 valence electrons. The quantitative estimate of drug-likeness (QED) is 0.646. The van der Waals surface area contributed by atoms with Crippen LogP contribution in [0, 0.1) is 23.6 Å². The van der Waals surface area contributed by atoms with Gasteiger partial charge in [-0.05, 0) is 73.4 Å². The van der Waals surface area contributed by atoms with Crippen LogP contribution >= 0.6 is 0 Å². The second-order valence-corrected chi connectivity index (χ2v) is 8.35. The third-order valence-electron chi connectivity index (χ3n) is 6.23. The molecule has 0 aliphatic heterocycles. The van der Waals surface area contributed by atoms with E-state index in [0.29, 0.717) is 29.6 Å². The number of esters is 1. The Morgan fingerprint density at radius 2 is 1.74 bits per heavy atom. The van der Waals surface area contributed by atoms with Gasteiger partial charge in [-0.25, -0.2) is 4.39 Å². The zero-order valence-corrected chi connectivity index (χ0v) is 17.1. The van der Waals surface area contributed by atoms with Gasteiger partial charge in [0.1, 0.15) is 5.82 Å². The van der Waals surface area contributed by atoms with Crippen molar-refractivity contribution >= 4 is 29.2 Å². The molecule has 3 atom stereocenters. The highest BCUT2D eigenvalue weighted by Gasteiger charge is 2.40. The lowest BCUT2D eigenvalue weighted by atomic mass is 9.86. The molecule has 2 N–H and O–H groups in total. The van der Waals surface area contributed by atoms with Crippen molar-refractivity contribution in [2.24, 2.45) is 17.8 Å². The van der Waals surface area contributed by atoms with Crippen LogP contribution in [0.15, 0.2) is 48.5 Å². The Labute approximate surface area is 180 Å². The van der Waals surface area contributed by atoms with Crippen LogP contribution in [0.1, 0.15) is 42.5 Å². The van der Waals surface area contributed by atoms with Crippen LogP contribution in [-0.2, 0) is 14.3 Å². The fourth-order valence-electron chi connectivity index (χ4n) is 4.75. The van der Waals surface area contributed by atoms with Crippen LogP contribution in [0.3, 0.4) is 0 Å². The summed E-state index contributed by atoms with van der Waals surface area (Å²) in [5.74, 6) is 0.0431. The Balaban J connectivity index is 1.29. The van der Waals surface area contributed by atoms with E-state index in [1.54, 1.807) is 24.3 Å². The fourth-order valence-corrected chi connectivity index (χ4v) is 4.75. The van der Waals surface area contributed by atoms with Crippen molar-refractivity contribution in [1.82, 2.24) is 0 Å². The molecule has 0 saturated heterocycles. The molecule has 2 aromatic carbocycles. The highest BCUT2D eigenvalue weighted by atomic mass is 19.1. The van der Waals surface area contributed by atoms with Gasteiger partial charge in [-0.3, -0.25) is 14.4 Å². The van der Waals surface area contributed by atoms with E-state index in [9.17, 15) is 18.8 Å². The molecule has 0 spiro atoms. The summed E-state index contributed by atoms with van der Waals surface area (Å²) in [7, 11) is 0. The van der Waals surface area contributed by atoms with Crippen molar-refractivity contribution in [3.63, 3.8) is 0 Å². The SMILES string of the molecule is O=C(COC(=O)C[C@H]1C[C@H]2CC[C@@H]1C2)Nc1ccccc1C(=O)Nc1ccc(F)cc1. The maximum atomic E-state index is 13.0. The Morgan fingerprint density at radius 3 is 2.45 bits per heavy atom. The molecule has 4 rings (SSSR count). The summed E-state index contributed by atoms with van der Waals surface area (Å²) < 4.78 is 18.2. The maximum Gasteiger partial charge on any atom is 0.306 e. The van der Waals surface area contributed by atoms with Crippen LogP contribution in [0.25, 0.3) is 0 Å². The first-order valence-electron chi connectivity index (χ1n) is 10.6. The Hall–Kier alpha value is -3.22. The molecule has 2 aromatic rings. The standard InChI is InChI=1S/C24H25FN2O4/c25-18-7-9-19(10-8-18)26-24(30)20-3-1-2-4-21(20)27-22(28)14-31-23(29)13-17-12-15-5-6-16(17)11-15/h1-4,7-10,15-17H,5-6,11-14H2,(H,26,30)(H,27,28)/t15-,16+,17+/m0/s1. The van der Waals surface area contributed by atoms with Crippen molar-refractivity contribution in [3.05, 3.63) is 59.9 Å². The van der Waals surface area contributed by atoms with Crippen LogP contribution in [0.2, 0.25) is 0 Å². The summed E-state index contributed by atoms with van der Waals surface area (Å²) in [6, 6.07) is 11.9. The molecule has 2 amide bonds. The van der Waals surface area contributed by atoms with Gasteiger partial charge in [0.2, 0.25) is 0 Å². The minimum absolute atomic E-state index is 0.244. The van der Waals surface area contributed by atoms with Gasteiger partial charge in [0.25, 0.3) is 11.8 Å². The number of fused-ring (bicyclic) bond motifs is 2. The molecule has 6 nitrogen and oxygen atoms in total. The molecule has 0 unspecified atom stereocenters. The van der Waals surface area contributed by atoms with Gasteiger partial charge < -0.3 is 15.4 Å². The Morgan fingerprint density at radius 1 is 0.968 bits per heavy atom.